The third-order valence-corrected chi connectivity index (χ3v) is 5.06. The van der Waals surface area contributed by atoms with Gasteiger partial charge in [0.15, 0.2) is 0 Å². The molecule has 0 spiro atoms. The smallest absolute Gasteiger partial charge is 0.312 e. The lowest BCUT2D eigenvalue weighted by Gasteiger charge is -2.37. The number of benzene rings is 2. The van der Waals surface area contributed by atoms with Crippen LogP contribution in [0.5, 0.6) is 5.75 Å². The summed E-state index contributed by atoms with van der Waals surface area (Å²) in [4.78, 5) is 30.9. The van der Waals surface area contributed by atoms with Crippen LogP contribution >= 0.6 is 0 Å². The fraction of sp³-hybridized carbons (Fsp3) is 0.364. The second-order valence-electron chi connectivity index (χ2n) is 6.76. The van der Waals surface area contributed by atoms with Crippen LogP contribution in [0.15, 0.2) is 54.6 Å². The van der Waals surface area contributed by atoms with Crippen LogP contribution in [0.25, 0.3) is 0 Å². The topological polar surface area (TPSA) is 53.1 Å². The fourth-order valence-corrected chi connectivity index (χ4v) is 3.44. The standard InChI is InChI=1S/C22H27N3O3/c1-3-23(17-18-9-5-4-6-10-18)21(26)22(27)25-15-13-24(14-16-25)19-11-7-8-12-20(19)28-2/h4-12H,3,13-17H2,1-2H3. The van der Waals surface area contributed by atoms with Crippen LogP contribution in [0, 0.1) is 0 Å². The Morgan fingerprint density at radius 2 is 1.61 bits per heavy atom. The number of carbonyl (C=O) groups excluding carboxylic acids is 2. The molecule has 0 aliphatic carbocycles. The number of ether oxygens (including phenoxy) is 1. The minimum atomic E-state index is -0.433. The van der Waals surface area contributed by atoms with Gasteiger partial charge in [-0.15, -0.1) is 0 Å². The maximum absolute atomic E-state index is 12.7. The second-order valence-corrected chi connectivity index (χ2v) is 6.76. The van der Waals surface area contributed by atoms with Gasteiger partial charge in [0.2, 0.25) is 0 Å². The fourth-order valence-electron chi connectivity index (χ4n) is 3.44. The number of carbonyl (C=O) groups is 2. The number of likely N-dealkylation sites (N-methyl/N-ethyl adjacent to an activating group) is 1. The van der Waals surface area contributed by atoms with E-state index in [1.165, 1.54) is 0 Å². The number of hydrogen-bond donors (Lipinski definition) is 0. The second kappa shape index (κ2) is 9.26. The zero-order chi connectivity index (χ0) is 19.9. The molecule has 2 aromatic carbocycles. The molecule has 1 saturated heterocycles. The molecule has 1 heterocycles. The van der Waals surface area contributed by atoms with Crippen LogP contribution in [0.3, 0.4) is 0 Å². The van der Waals surface area contributed by atoms with Gasteiger partial charge in [-0.05, 0) is 24.6 Å². The van der Waals surface area contributed by atoms with Gasteiger partial charge in [0, 0.05) is 39.3 Å². The molecule has 0 N–H and O–H groups in total. The summed E-state index contributed by atoms with van der Waals surface area (Å²) in [5, 5.41) is 0. The van der Waals surface area contributed by atoms with Gasteiger partial charge in [0.1, 0.15) is 5.75 Å². The van der Waals surface area contributed by atoms with E-state index in [4.69, 9.17) is 4.74 Å². The van der Waals surface area contributed by atoms with Crippen LogP contribution in [0.1, 0.15) is 12.5 Å². The van der Waals surface area contributed by atoms with Gasteiger partial charge in [-0.2, -0.15) is 0 Å². The largest absolute Gasteiger partial charge is 0.495 e. The van der Waals surface area contributed by atoms with Crippen LogP contribution in [0.4, 0.5) is 5.69 Å². The zero-order valence-electron chi connectivity index (χ0n) is 16.5. The Balaban J connectivity index is 1.60. The van der Waals surface area contributed by atoms with Crippen molar-refractivity contribution in [2.24, 2.45) is 0 Å². The molecule has 0 saturated carbocycles. The van der Waals surface area contributed by atoms with Gasteiger partial charge in [0.05, 0.1) is 12.8 Å². The minimum Gasteiger partial charge on any atom is -0.495 e. The molecule has 3 rings (SSSR count). The predicted octanol–water partition coefficient (Wildman–Crippen LogP) is 2.39. The first-order valence-corrected chi connectivity index (χ1v) is 9.64. The van der Waals surface area contributed by atoms with Gasteiger partial charge < -0.3 is 19.4 Å². The Labute approximate surface area is 166 Å². The molecular weight excluding hydrogens is 354 g/mol. The van der Waals surface area contributed by atoms with Crippen molar-refractivity contribution < 1.29 is 14.3 Å². The number of hydrogen-bond acceptors (Lipinski definition) is 4. The molecule has 6 heteroatoms. The molecule has 1 fully saturated rings. The van der Waals surface area contributed by atoms with E-state index < -0.39 is 11.8 Å². The monoisotopic (exact) mass is 381 g/mol. The summed E-state index contributed by atoms with van der Waals surface area (Å²) in [6.07, 6.45) is 0. The summed E-state index contributed by atoms with van der Waals surface area (Å²) in [6.45, 7) is 5.23. The molecular formula is C22H27N3O3. The van der Waals surface area contributed by atoms with E-state index >= 15 is 0 Å². The van der Waals surface area contributed by atoms with E-state index in [-0.39, 0.29) is 0 Å². The van der Waals surface area contributed by atoms with Crippen molar-refractivity contribution >= 4 is 17.5 Å². The predicted molar refractivity (Wildman–Crippen MR) is 109 cm³/mol. The lowest BCUT2D eigenvalue weighted by Crippen LogP contribution is -2.53. The maximum Gasteiger partial charge on any atom is 0.312 e. The molecule has 0 unspecified atom stereocenters. The third-order valence-electron chi connectivity index (χ3n) is 5.06. The van der Waals surface area contributed by atoms with Crippen molar-refractivity contribution in [3.63, 3.8) is 0 Å². The van der Waals surface area contributed by atoms with Crippen LogP contribution in [0.2, 0.25) is 0 Å². The molecule has 6 nitrogen and oxygen atoms in total. The average Bonchev–Trinajstić information content (AvgIpc) is 2.77. The van der Waals surface area contributed by atoms with Crippen molar-refractivity contribution in [1.29, 1.82) is 0 Å². The van der Waals surface area contributed by atoms with E-state index in [1.807, 2.05) is 61.5 Å². The number of piperazine rings is 1. The van der Waals surface area contributed by atoms with Crippen molar-refractivity contribution in [2.45, 2.75) is 13.5 Å². The molecule has 28 heavy (non-hydrogen) atoms. The van der Waals surface area contributed by atoms with Gasteiger partial charge >= 0.3 is 11.8 Å². The molecule has 0 bridgehead atoms. The van der Waals surface area contributed by atoms with Crippen molar-refractivity contribution in [3.05, 3.63) is 60.2 Å². The van der Waals surface area contributed by atoms with Crippen LogP contribution in [-0.2, 0) is 16.1 Å². The highest BCUT2D eigenvalue weighted by Gasteiger charge is 2.29. The van der Waals surface area contributed by atoms with Crippen LogP contribution < -0.4 is 9.64 Å². The molecule has 0 radical (unpaired) electrons. The Morgan fingerprint density at radius 3 is 2.25 bits per heavy atom. The van der Waals surface area contributed by atoms with Gasteiger partial charge in [0.25, 0.3) is 0 Å². The zero-order valence-corrected chi connectivity index (χ0v) is 16.5. The maximum atomic E-state index is 12.7. The van der Waals surface area contributed by atoms with E-state index in [9.17, 15) is 9.59 Å². The summed E-state index contributed by atoms with van der Waals surface area (Å²) in [5.41, 5.74) is 2.04. The number of amides is 2. The lowest BCUT2D eigenvalue weighted by molar-refractivity contribution is -0.152. The highest BCUT2D eigenvalue weighted by molar-refractivity contribution is 6.34. The molecule has 2 aromatic rings. The molecule has 0 aromatic heterocycles. The Kier molecular flexibility index (Phi) is 6.53. The number of rotatable bonds is 5. The SMILES string of the molecule is CCN(Cc1ccccc1)C(=O)C(=O)N1CCN(c2ccccc2OC)CC1. The van der Waals surface area contributed by atoms with Gasteiger partial charge in [-0.25, -0.2) is 0 Å². The summed E-state index contributed by atoms with van der Waals surface area (Å²) in [6, 6.07) is 17.6. The third kappa shape index (κ3) is 4.44. The summed E-state index contributed by atoms with van der Waals surface area (Å²) < 4.78 is 5.43. The summed E-state index contributed by atoms with van der Waals surface area (Å²) in [7, 11) is 1.66. The number of para-hydroxylation sites is 2. The van der Waals surface area contributed by atoms with Gasteiger partial charge in [-0.3, -0.25) is 9.59 Å². The minimum absolute atomic E-state index is 0.419. The first-order valence-electron chi connectivity index (χ1n) is 9.64. The number of nitrogens with zero attached hydrogens (tertiary/aromatic N) is 3. The highest BCUT2D eigenvalue weighted by Crippen LogP contribution is 2.28. The Bertz CT molecular complexity index is 802. The number of anilines is 1. The molecule has 0 atom stereocenters. The van der Waals surface area contributed by atoms with Crippen molar-refractivity contribution in [3.8, 4) is 5.75 Å². The molecule has 148 valence electrons. The van der Waals surface area contributed by atoms with Crippen molar-refractivity contribution in [1.82, 2.24) is 9.80 Å². The molecule has 1 aliphatic heterocycles. The molecule has 2 amide bonds. The van der Waals surface area contributed by atoms with E-state index in [0.717, 1.165) is 17.0 Å². The first kappa shape index (κ1) is 19.7. The van der Waals surface area contributed by atoms with E-state index in [1.54, 1.807) is 16.9 Å². The lowest BCUT2D eigenvalue weighted by atomic mass is 10.2. The number of methoxy groups -OCH3 is 1. The van der Waals surface area contributed by atoms with E-state index in [2.05, 4.69) is 4.90 Å². The quantitative estimate of drug-likeness (QED) is 0.747. The molecule has 1 aliphatic rings. The normalized spacial score (nSPS) is 13.9. The van der Waals surface area contributed by atoms with Gasteiger partial charge in [-0.1, -0.05) is 42.5 Å². The van der Waals surface area contributed by atoms with E-state index in [0.29, 0.717) is 39.3 Å². The summed E-state index contributed by atoms with van der Waals surface area (Å²) in [5.74, 6) is -0.0343. The summed E-state index contributed by atoms with van der Waals surface area (Å²) >= 11 is 0. The Hall–Kier alpha value is -3.02. The van der Waals surface area contributed by atoms with Crippen LogP contribution in [-0.4, -0.2) is 61.4 Å². The average molecular weight is 381 g/mol. The first-order chi connectivity index (χ1) is 13.6. The van der Waals surface area contributed by atoms with Crippen molar-refractivity contribution in [2.75, 3.05) is 44.7 Å². The Morgan fingerprint density at radius 1 is 0.964 bits per heavy atom. The highest BCUT2D eigenvalue weighted by atomic mass is 16.5.